The summed E-state index contributed by atoms with van der Waals surface area (Å²) in [6.45, 7) is 0. The summed E-state index contributed by atoms with van der Waals surface area (Å²) >= 11 is -8.60. The topological polar surface area (TPSA) is 68.3 Å². The third kappa shape index (κ3) is 5.50. The van der Waals surface area contributed by atoms with Crippen molar-refractivity contribution in [1.29, 1.82) is 0 Å². The van der Waals surface area contributed by atoms with E-state index in [0.717, 1.165) is 0 Å². The molecule has 0 fully saturated rings. The average molecular weight is 610 g/mol. The summed E-state index contributed by atoms with van der Waals surface area (Å²) in [7, 11) is 0. The summed E-state index contributed by atoms with van der Waals surface area (Å²) in [5, 5.41) is 0. The van der Waals surface area contributed by atoms with Crippen LogP contribution in [0.1, 0.15) is 41.4 Å². The molecule has 0 bridgehead atoms. The summed E-state index contributed by atoms with van der Waals surface area (Å²) < 4.78 is -0.717. The van der Waals surface area contributed by atoms with Crippen LogP contribution in [0, 0.1) is 0 Å². The van der Waals surface area contributed by atoms with E-state index in [2.05, 4.69) is 0 Å². The Balaban J connectivity index is 1.89. The number of hydrogen-bond acceptors (Lipinski definition) is 4. The molecular weight excluding hydrogens is 582 g/mol. The second-order valence-corrected chi connectivity index (χ2v) is 29.2. The fraction of sp³-hybridized carbons (Fsp3) is 0.0968. The molecule has 0 aliphatic rings. The Bertz CT molecular complexity index is 1210. The van der Waals surface area contributed by atoms with Crippen molar-refractivity contribution in [1.82, 2.24) is 0 Å². The van der Waals surface area contributed by atoms with Gasteiger partial charge in [0.1, 0.15) is 0 Å². The van der Waals surface area contributed by atoms with Crippen molar-refractivity contribution in [2.45, 2.75) is 15.6 Å². The molecule has 0 unspecified atom stereocenters. The van der Waals surface area contributed by atoms with E-state index in [-0.39, 0.29) is 22.5 Å². The first-order valence-electron chi connectivity index (χ1n) is 12.2. The summed E-state index contributed by atoms with van der Waals surface area (Å²) in [6, 6.07) is 35.2. The Hall–Kier alpha value is -3.35. The summed E-state index contributed by atoms with van der Waals surface area (Å²) in [5.41, 5.74) is 1.83. The molecule has 0 spiro atoms. The predicted octanol–water partition coefficient (Wildman–Crippen LogP) is 6.37. The van der Waals surface area contributed by atoms with E-state index < -0.39 is 26.5 Å². The fourth-order valence-electron chi connectivity index (χ4n) is 4.87. The average Bonchev–Trinajstić information content (AvgIpc) is 2.97. The summed E-state index contributed by atoms with van der Waals surface area (Å²) in [6.07, 6.45) is 0. The van der Waals surface area contributed by atoms with Crippen LogP contribution in [0.4, 0.5) is 0 Å². The SMILES string of the molecule is [CH3][Ge]([CH2][Ge]([CH3])([C](=O)c1ccccc1)[C](=O)c1ccccc1)([C](=O)c1ccccc1)[C](=O)c1ccccc1. The molecule has 37 heavy (non-hydrogen) atoms. The van der Waals surface area contributed by atoms with Gasteiger partial charge in [-0.3, -0.25) is 0 Å². The zero-order valence-electron chi connectivity index (χ0n) is 20.9. The predicted molar refractivity (Wildman–Crippen MR) is 151 cm³/mol. The standard InChI is InChI=1S/C31H28Ge2O4/c1-32(28(34)24-15-7-3-8-16-24,29(35)25-17-9-4-10-18-25)23-33(2,30(36)26-19-11-5-12-20-26)31(37)27-21-13-6-14-22-27/h3-22H,23H2,1-2H3. The molecule has 0 radical (unpaired) electrons. The van der Waals surface area contributed by atoms with E-state index in [1.54, 1.807) is 109 Å². The first-order chi connectivity index (χ1) is 17.8. The van der Waals surface area contributed by atoms with Crippen molar-refractivity contribution in [3.05, 3.63) is 144 Å². The van der Waals surface area contributed by atoms with Gasteiger partial charge in [0, 0.05) is 0 Å². The molecule has 0 N–H and O–H groups in total. The minimum absolute atomic E-state index is 0.0862. The molecule has 4 rings (SSSR count). The molecule has 184 valence electrons. The van der Waals surface area contributed by atoms with Gasteiger partial charge in [-0.15, -0.1) is 0 Å². The van der Waals surface area contributed by atoms with Crippen molar-refractivity contribution in [3.8, 4) is 0 Å². The van der Waals surface area contributed by atoms with Crippen LogP contribution in [0.5, 0.6) is 0 Å². The van der Waals surface area contributed by atoms with Gasteiger partial charge in [0.15, 0.2) is 0 Å². The molecule has 0 saturated carbocycles. The Morgan fingerprint density at radius 1 is 0.405 bits per heavy atom. The molecule has 0 aliphatic heterocycles. The monoisotopic (exact) mass is 612 g/mol. The molecule has 0 amide bonds. The molecule has 6 heteroatoms. The van der Waals surface area contributed by atoms with E-state index in [1.165, 1.54) is 0 Å². The molecule has 0 saturated heterocycles. The molecule has 0 heterocycles. The number of hydrogen-bond donors (Lipinski definition) is 0. The van der Waals surface area contributed by atoms with Crippen LogP contribution in [-0.2, 0) is 0 Å². The maximum absolute atomic E-state index is 14.1. The van der Waals surface area contributed by atoms with Gasteiger partial charge in [-0.2, -0.15) is 0 Å². The molecule has 0 atom stereocenters. The zero-order valence-corrected chi connectivity index (χ0v) is 25.1. The first kappa shape index (κ1) is 26.7. The summed E-state index contributed by atoms with van der Waals surface area (Å²) in [4.78, 5) is 56.6. The van der Waals surface area contributed by atoms with Crippen LogP contribution in [0.15, 0.2) is 121 Å². The van der Waals surface area contributed by atoms with Gasteiger partial charge in [0.05, 0.1) is 0 Å². The normalized spacial score (nSPS) is 11.5. The van der Waals surface area contributed by atoms with Crippen molar-refractivity contribution in [2.75, 3.05) is 0 Å². The van der Waals surface area contributed by atoms with Crippen LogP contribution in [-0.4, -0.2) is 45.0 Å². The Kier molecular flexibility index (Phi) is 8.20. The maximum atomic E-state index is 14.1. The van der Waals surface area contributed by atoms with Crippen molar-refractivity contribution < 1.29 is 19.2 Å². The molecule has 4 aromatic rings. The van der Waals surface area contributed by atoms with Gasteiger partial charge in [0.25, 0.3) is 0 Å². The second kappa shape index (κ2) is 11.4. The summed E-state index contributed by atoms with van der Waals surface area (Å²) in [5.74, 6) is 3.56. The Morgan fingerprint density at radius 3 is 0.784 bits per heavy atom. The molecule has 0 aromatic heterocycles. The van der Waals surface area contributed by atoms with E-state index >= 15 is 0 Å². The van der Waals surface area contributed by atoms with Crippen molar-refractivity contribution in [2.24, 2.45) is 0 Å². The molecule has 4 aromatic carbocycles. The molecule has 4 nitrogen and oxygen atoms in total. The van der Waals surface area contributed by atoms with Gasteiger partial charge in [-0.25, -0.2) is 0 Å². The zero-order chi connectivity index (χ0) is 26.5. The minimum atomic E-state index is -4.30. The Labute approximate surface area is 222 Å². The van der Waals surface area contributed by atoms with Gasteiger partial charge >= 0.3 is 223 Å². The first-order valence-corrected chi connectivity index (χ1v) is 23.5. The number of carbonyl (C=O) groups is 4. The number of rotatable bonds is 10. The van der Waals surface area contributed by atoms with Crippen LogP contribution in [0.25, 0.3) is 0 Å². The van der Waals surface area contributed by atoms with E-state index in [1.807, 2.05) is 24.3 Å². The van der Waals surface area contributed by atoms with Gasteiger partial charge in [0.2, 0.25) is 0 Å². The van der Waals surface area contributed by atoms with E-state index in [9.17, 15) is 19.2 Å². The van der Waals surface area contributed by atoms with Gasteiger partial charge in [-0.05, 0) is 0 Å². The Morgan fingerprint density at radius 2 is 0.595 bits per heavy atom. The van der Waals surface area contributed by atoms with E-state index in [0.29, 0.717) is 22.3 Å². The van der Waals surface area contributed by atoms with Crippen LogP contribution in [0.3, 0.4) is 0 Å². The second-order valence-electron chi connectivity index (χ2n) is 9.62. The fourth-order valence-corrected chi connectivity index (χ4v) is 39.2. The van der Waals surface area contributed by atoms with Gasteiger partial charge in [-0.1, -0.05) is 0 Å². The quantitative estimate of drug-likeness (QED) is 0.196. The van der Waals surface area contributed by atoms with E-state index in [4.69, 9.17) is 0 Å². The third-order valence-corrected chi connectivity index (χ3v) is 36.1. The van der Waals surface area contributed by atoms with Gasteiger partial charge < -0.3 is 0 Å². The van der Waals surface area contributed by atoms with Crippen molar-refractivity contribution >= 4 is 45.0 Å². The third-order valence-electron chi connectivity index (χ3n) is 6.86. The van der Waals surface area contributed by atoms with Crippen LogP contribution >= 0.6 is 0 Å². The van der Waals surface area contributed by atoms with Crippen LogP contribution in [0.2, 0.25) is 15.6 Å². The molecular formula is C31H28Ge2O4. The van der Waals surface area contributed by atoms with Crippen molar-refractivity contribution in [3.63, 3.8) is 0 Å². The number of carbonyl (C=O) groups excluding carboxylic acids is 4. The molecule has 0 aliphatic carbocycles. The number of benzene rings is 4. The van der Waals surface area contributed by atoms with Crippen LogP contribution < -0.4 is 0 Å².